The van der Waals surface area contributed by atoms with Gasteiger partial charge in [0.2, 0.25) is 10.0 Å². The summed E-state index contributed by atoms with van der Waals surface area (Å²) >= 11 is 0. The van der Waals surface area contributed by atoms with Crippen molar-refractivity contribution in [2.24, 2.45) is 0 Å². The average Bonchev–Trinajstić information content (AvgIpc) is 3.06. The van der Waals surface area contributed by atoms with E-state index in [9.17, 15) is 18.0 Å². The van der Waals surface area contributed by atoms with E-state index < -0.39 is 10.0 Å². The third kappa shape index (κ3) is 3.80. The zero-order valence-electron chi connectivity index (χ0n) is 17.2. The lowest BCUT2D eigenvalue weighted by Crippen LogP contribution is -2.47. The molecule has 4 rings (SSSR count). The molecule has 1 aromatic heterocycles. The number of aromatic amines is 1. The predicted molar refractivity (Wildman–Crippen MR) is 113 cm³/mol. The number of hydrogen-bond acceptors (Lipinski definition) is 5. The summed E-state index contributed by atoms with van der Waals surface area (Å²) in [5.74, 6) is -0.326. The fourth-order valence-electron chi connectivity index (χ4n) is 4.11. The van der Waals surface area contributed by atoms with Crippen molar-refractivity contribution in [3.8, 4) is 0 Å². The summed E-state index contributed by atoms with van der Waals surface area (Å²) in [5.41, 5.74) is 2.82. The number of nitrogens with one attached hydrogen (secondary N) is 2. The molecular formula is C21H26N4O4S. The van der Waals surface area contributed by atoms with Crippen LogP contribution in [0.2, 0.25) is 0 Å². The smallest absolute Gasteiger partial charge is 0.272 e. The van der Waals surface area contributed by atoms with Gasteiger partial charge >= 0.3 is 0 Å². The number of fused-ring (bicyclic) bond motifs is 1. The van der Waals surface area contributed by atoms with Crippen molar-refractivity contribution in [1.82, 2.24) is 14.2 Å². The first kappa shape index (κ1) is 20.8. The third-order valence-corrected chi connectivity index (χ3v) is 7.75. The molecule has 1 aromatic carbocycles. The topological polar surface area (TPSA) is 103 Å². The van der Waals surface area contributed by atoms with Gasteiger partial charge < -0.3 is 15.2 Å². The number of Topliss-reactive ketones (excluding diaryl/α,β-unsaturated/α-hetero) is 1. The summed E-state index contributed by atoms with van der Waals surface area (Å²) in [7, 11) is -1.66. The largest absolute Gasteiger partial charge is 0.354 e. The monoisotopic (exact) mass is 430 g/mol. The number of amides is 1. The maximum absolute atomic E-state index is 13.0. The first-order valence-corrected chi connectivity index (χ1v) is 11.6. The predicted octanol–water partition coefficient (Wildman–Crippen LogP) is 2.03. The molecule has 1 fully saturated rings. The summed E-state index contributed by atoms with van der Waals surface area (Å²) in [6.07, 6.45) is 2.02. The number of rotatable bonds is 4. The van der Waals surface area contributed by atoms with Crippen molar-refractivity contribution < 1.29 is 18.0 Å². The summed E-state index contributed by atoms with van der Waals surface area (Å²) in [6.45, 7) is 4.02. The molecule has 0 unspecified atom stereocenters. The molecule has 8 nitrogen and oxygen atoms in total. The van der Waals surface area contributed by atoms with Gasteiger partial charge in [-0.1, -0.05) is 6.07 Å². The van der Waals surface area contributed by atoms with Crippen LogP contribution >= 0.6 is 0 Å². The summed E-state index contributed by atoms with van der Waals surface area (Å²) < 4.78 is 27.4. The number of piperazine rings is 1. The Balaban J connectivity index is 1.55. The van der Waals surface area contributed by atoms with E-state index in [1.807, 2.05) is 7.05 Å². The molecule has 160 valence electrons. The Hall–Kier alpha value is -2.49. The Morgan fingerprint density at radius 2 is 1.87 bits per heavy atom. The van der Waals surface area contributed by atoms with Crippen LogP contribution in [0.5, 0.6) is 0 Å². The lowest BCUT2D eigenvalue weighted by atomic mass is 9.94. The minimum atomic E-state index is -3.62. The quantitative estimate of drug-likeness (QED) is 0.773. The van der Waals surface area contributed by atoms with Crippen LogP contribution in [0.4, 0.5) is 5.69 Å². The standard InChI is InChI=1S/C21H26N4O4S/c1-14-19-17(7-4-8-18(19)26)23-20(14)21(27)22-15-5-3-6-16(13-15)30(28,29)25-11-9-24(2)10-12-25/h3,5-6,13,23H,4,7-12H2,1-2H3,(H,22,27). The van der Waals surface area contributed by atoms with Gasteiger partial charge in [0, 0.05) is 49.5 Å². The van der Waals surface area contributed by atoms with Crippen LogP contribution in [0.25, 0.3) is 0 Å². The number of hydrogen-bond donors (Lipinski definition) is 2. The molecule has 0 bridgehead atoms. The van der Waals surface area contributed by atoms with Gasteiger partial charge in [-0.25, -0.2) is 8.42 Å². The molecule has 1 saturated heterocycles. The number of sulfonamides is 1. The molecule has 0 atom stereocenters. The van der Waals surface area contributed by atoms with Crippen LogP contribution in [-0.4, -0.2) is 67.5 Å². The van der Waals surface area contributed by atoms with E-state index in [4.69, 9.17) is 0 Å². The van der Waals surface area contributed by atoms with Gasteiger partial charge in [0.05, 0.1) is 4.90 Å². The lowest BCUT2D eigenvalue weighted by molar-refractivity contribution is 0.0971. The Morgan fingerprint density at radius 3 is 2.57 bits per heavy atom. The Kier molecular flexibility index (Phi) is 5.52. The molecule has 0 radical (unpaired) electrons. The normalized spacial score (nSPS) is 18.3. The van der Waals surface area contributed by atoms with Crippen LogP contribution in [-0.2, 0) is 16.4 Å². The zero-order valence-corrected chi connectivity index (χ0v) is 18.0. The molecule has 1 amide bonds. The number of aromatic nitrogens is 1. The zero-order chi connectivity index (χ0) is 21.5. The van der Waals surface area contributed by atoms with Gasteiger partial charge in [0.15, 0.2) is 5.78 Å². The van der Waals surface area contributed by atoms with Crippen molar-refractivity contribution in [2.45, 2.75) is 31.1 Å². The number of aryl methyl sites for hydroxylation is 1. The van der Waals surface area contributed by atoms with E-state index in [2.05, 4.69) is 15.2 Å². The molecule has 2 heterocycles. The minimum absolute atomic E-state index is 0.0596. The molecule has 0 spiro atoms. The van der Waals surface area contributed by atoms with E-state index >= 15 is 0 Å². The van der Waals surface area contributed by atoms with Gasteiger partial charge in [0.25, 0.3) is 5.91 Å². The number of ketones is 1. The van der Waals surface area contributed by atoms with Crippen LogP contribution < -0.4 is 5.32 Å². The highest BCUT2D eigenvalue weighted by atomic mass is 32.2. The minimum Gasteiger partial charge on any atom is -0.354 e. The third-order valence-electron chi connectivity index (χ3n) is 5.86. The number of carbonyl (C=O) groups is 2. The highest BCUT2D eigenvalue weighted by molar-refractivity contribution is 7.89. The first-order valence-electron chi connectivity index (χ1n) is 10.1. The van der Waals surface area contributed by atoms with Crippen molar-refractivity contribution >= 4 is 27.4 Å². The molecule has 0 saturated carbocycles. The maximum atomic E-state index is 13.0. The highest BCUT2D eigenvalue weighted by Crippen LogP contribution is 2.27. The van der Waals surface area contributed by atoms with Crippen LogP contribution in [0.15, 0.2) is 29.2 Å². The average molecular weight is 431 g/mol. The van der Waals surface area contributed by atoms with Crippen molar-refractivity contribution in [2.75, 3.05) is 38.5 Å². The Bertz CT molecular complexity index is 1100. The number of nitrogens with zero attached hydrogens (tertiary/aromatic N) is 2. The molecule has 1 aliphatic heterocycles. The number of anilines is 1. The molecule has 1 aliphatic carbocycles. The second kappa shape index (κ2) is 7.98. The van der Waals surface area contributed by atoms with E-state index in [1.165, 1.54) is 10.4 Å². The summed E-state index contributed by atoms with van der Waals surface area (Å²) in [4.78, 5) is 30.4. The molecule has 2 aliphatic rings. The van der Waals surface area contributed by atoms with Gasteiger partial charge in [-0.05, 0) is 50.6 Å². The number of H-pyrrole nitrogens is 1. The van der Waals surface area contributed by atoms with Gasteiger partial charge in [0.1, 0.15) is 5.69 Å². The number of benzene rings is 1. The van der Waals surface area contributed by atoms with Crippen molar-refractivity contribution in [1.29, 1.82) is 0 Å². The van der Waals surface area contributed by atoms with E-state index in [1.54, 1.807) is 25.1 Å². The first-order chi connectivity index (χ1) is 14.3. The number of carbonyl (C=O) groups excluding carboxylic acids is 2. The number of likely N-dealkylation sites (N-methyl/N-ethyl adjacent to an activating group) is 1. The van der Waals surface area contributed by atoms with Crippen LogP contribution in [0.1, 0.15) is 44.9 Å². The van der Waals surface area contributed by atoms with E-state index in [-0.39, 0.29) is 16.6 Å². The molecule has 9 heteroatoms. The summed E-state index contributed by atoms with van der Waals surface area (Å²) in [6, 6.07) is 6.30. The highest BCUT2D eigenvalue weighted by Gasteiger charge is 2.29. The SMILES string of the molecule is Cc1c(C(=O)Nc2cccc(S(=O)(=O)N3CCN(C)CC3)c2)[nH]c2c1C(=O)CCC2. The van der Waals surface area contributed by atoms with Gasteiger partial charge in [-0.15, -0.1) is 0 Å². The van der Waals surface area contributed by atoms with Crippen LogP contribution in [0.3, 0.4) is 0 Å². The molecular weight excluding hydrogens is 404 g/mol. The molecule has 30 heavy (non-hydrogen) atoms. The summed E-state index contributed by atoms with van der Waals surface area (Å²) in [5, 5.41) is 2.77. The second-order valence-corrected chi connectivity index (χ2v) is 9.88. The second-order valence-electron chi connectivity index (χ2n) is 7.94. The van der Waals surface area contributed by atoms with Gasteiger partial charge in [-0.2, -0.15) is 4.31 Å². The maximum Gasteiger partial charge on any atom is 0.272 e. The van der Waals surface area contributed by atoms with Crippen molar-refractivity contribution in [3.05, 3.63) is 46.8 Å². The van der Waals surface area contributed by atoms with E-state index in [0.717, 1.165) is 18.5 Å². The Labute approximate surface area is 176 Å². The van der Waals surface area contributed by atoms with Crippen LogP contribution in [0, 0.1) is 6.92 Å². The van der Waals surface area contributed by atoms with E-state index in [0.29, 0.717) is 55.1 Å². The van der Waals surface area contributed by atoms with Gasteiger partial charge in [-0.3, -0.25) is 9.59 Å². The fourth-order valence-corrected chi connectivity index (χ4v) is 5.58. The molecule has 2 aromatic rings. The lowest BCUT2D eigenvalue weighted by Gasteiger charge is -2.31. The molecule has 2 N–H and O–H groups in total. The van der Waals surface area contributed by atoms with Crippen molar-refractivity contribution in [3.63, 3.8) is 0 Å². The fraction of sp³-hybridized carbons (Fsp3) is 0.429. The Morgan fingerprint density at radius 1 is 1.13 bits per heavy atom.